The van der Waals surface area contributed by atoms with E-state index in [2.05, 4.69) is 4.99 Å². The van der Waals surface area contributed by atoms with E-state index in [1.807, 2.05) is 20.8 Å². The molecule has 0 aliphatic carbocycles. The van der Waals surface area contributed by atoms with Gasteiger partial charge in [-0.05, 0) is 33.6 Å². The van der Waals surface area contributed by atoms with E-state index in [4.69, 9.17) is 10.5 Å². The van der Waals surface area contributed by atoms with Crippen molar-refractivity contribution < 1.29 is 14.3 Å². The fraction of sp³-hybridized carbons (Fsp3) is 0.769. The molecule has 1 saturated heterocycles. The Kier molecular flexibility index (Phi) is 3.39. The number of likely N-dealkylation sites (N-methyl/N-ethyl adjacent to an activating group) is 1. The first-order valence-electron chi connectivity index (χ1n) is 6.76. The number of ether oxygens (including phenoxy) is 1. The van der Waals surface area contributed by atoms with Gasteiger partial charge in [-0.2, -0.15) is 4.99 Å². The number of likely N-dealkylation sites (tertiary alicyclic amines) is 1. The molecule has 0 saturated carbocycles. The van der Waals surface area contributed by atoms with Crippen LogP contribution in [0.1, 0.15) is 33.6 Å². The van der Waals surface area contributed by atoms with Crippen LogP contribution in [0.2, 0.25) is 0 Å². The molecule has 1 spiro atoms. The van der Waals surface area contributed by atoms with Gasteiger partial charge in [0.05, 0.1) is 0 Å². The highest BCUT2D eigenvalue weighted by Crippen LogP contribution is 2.33. The third kappa shape index (κ3) is 2.44. The Morgan fingerprint density at radius 2 is 1.90 bits per heavy atom. The summed E-state index contributed by atoms with van der Waals surface area (Å²) >= 11 is 0. The van der Waals surface area contributed by atoms with E-state index >= 15 is 0 Å². The predicted octanol–water partition coefficient (Wildman–Crippen LogP) is 1.18. The van der Waals surface area contributed by atoms with Gasteiger partial charge in [-0.25, -0.2) is 9.59 Å². The van der Waals surface area contributed by atoms with Gasteiger partial charge in [0.1, 0.15) is 17.0 Å². The maximum Gasteiger partial charge on any atom is 0.410 e. The minimum absolute atomic E-state index is 0.312. The first-order chi connectivity index (χ1) is 9.16. The SMILES string of the molecule is CN1C(=O)N=C(N)C12CCN(C(=O)OC(C)(C)C)CC2. The van der Waals surface area contributed by atoms with Gasteiger partial charge in [0.2, 0.25) is 0 Å². The first-order valence-corrected chi connectivity index (χ1v) is 6.76. The van der Waals surface area contributed by atoms with Crippen LogP contribution in [0.25, 0.3) is 0 Å². The minimum Gasteiger partial charge on any atom is -0.444 e. The largest absolute Gasteiger partial charge is 0.444 e. The van der Waals surface area contributed by atoms with E-state index < -0.39 is 11.1 Å². The molecule has 0 aromatic carbocycles. The van der Waals surface area contributed by atoms with Crippen molar-refractivity contribution in [1.29, 1.82) is 0 Å². The van der Waals surface area contributed by atoms with Crippen LogP contribution in [0.4, 0.5) is 9.59 Å². The number of nitrogens with two attached hydrogens (primary N) is 1. The number of carbonyl (C=O) groups is 2. The van der Waals surface area contributed by atoms with E-state index in [-0.39, 0.29) is 12.1 Å². The van der Waals surface area contributed by atoms with Crippen LogP contribution in [0.3, 0.4) is 0 Å². The molecule has 2 aliphatic heterocycles. The molecule has 112 valence electrons. The van der Waals surface area contributed by atoms with Gasteiger partial charge < -0.3 is 20.3 Å². The first kappa shape index (κ1) is 14.6. The highest BCUT2D eigenvalue weighted by Gasteiger charge is 2.49. The number of hydrogen-bond donors (Lipinski definition) is 1. The van der Waals surface area contributed by atoms with Gasteiger partial charge in [-0.3, -0.25) is 0 Å². The third-order valence-corrected chi connectivity index (χ3v) is 3.86. The molecule has 7 heteroatoms. The predicted molar refractivity (Wildman–Crippen MR) is 74.6 cm³/mol. The van der Waals surface area contributed by atoms with Crippen molar-refractivity contribution in [2.75, 3.05) is 20.1 Å². The smallest absolute Gasteiger partial charge is 0.410 e. The lowest BCUT2D eigenvalue weighted by molar-refractivity contribution is 0.0144. The average Bonchev–Trinajstić information content (AvgIpc) is 2.53. The Morgan fingerprint density at radius 3 is 2.30 bits per heavy atom. The lowest BCUT2D eigenvalue weighted by Gasteiger charge is -2.42. The van der Waals surface area contributed by atoms with Crippen molar-refractivity contribution in [3.8, 4) is 0 Å². The molecule has 2 aliphatic rings. The minimum atomic E-state index is -0.532. The van der Waals surface area contributed by atoms with Gasteiger partial charge in [0.25, 0.3) is 0 Å². The Labute approximate surface area is 118 Å². The summed E-state index contributed by atoms with van der Waals surface area (Å²) in [5, 5.41) is 0. The molecule has 0 aromatic heterocycles. The standard InChI is InChI=1S/C13H22N4O3/c1-12(2,3)20-11(19)17-7-5-13(6-8-17)9(14)15-10(18)16(13)4/h5-8H2,1-4H3,(H2,14,15,18). The highest BCUT2D eigenvalue weighted by molar-refractivity contribution is 6.05. The van der Waals surface area contributed by atoms with Crippen LogP contribution < -0.4 is 5.73 Å². The maximum absolute atomic E-state index is 12.0. The molecule has 3 amide bonds. The zero-order valence-corrected chi connectivity index (χ0v) is 12.5. The fourth-order valence-electron chi connectivity index (χ4n) is 2.61. The van der Waals surface area contributed by atoms with Gasteiger partial charge in [-0.15, -0.1) is 0 Å². The van der Waals surface area contributed by atoms with E-state index in [0.29, 0.717) is 31.8 Å². The summed E-state index contributed by atoms with van der Waals surface area (Å²) in [6, 6.07) is -0.312. The summed E-state index contributed by atoms with van der Waals surface area (Å²) in [5.74, 6) is 0.355. The summed E-state index contributed by atoms with van der Waals surface area (Å²) in [4.78, 5) is 30.7. The molecular weight excluding hydrogens is 260 g/mol. The van der Waals surface area contributed by atoms with Crippen molar-refractivity contribution in [3.63, 3.8) is 0 Å². The average molecular weight is 282 g/mol. The van der Waals surface area contributed by atoms with Crippen LogP contribution in [-0.2, 0) is 4.74 Å². The summed E-state index contributed by atoms with van der Waals surface area (Å²) < 4.78 is 5.35. The van der Waals surface area contributed by atoms with Gasteiger partial charge in [-0.1, -0.05) is 0 Å². The Morgan fingerprint density at radius 1 is 1.35 bits per heavy atom. The van der Waals surface area contributed by atoms with E-state index in [1.165, 1.54) is 0 Å². The van der Waals surface area contributed by atoms with E-state index in [0.717, 1.165) is 0 Å². The highest BCUT2D eigenvalue weighted by atomic mass is 16.6. The van der Waals surface area contributed by atoms with Crippen molar-refractivity contribution in [3.05, 3.63) is 0 Å². The lowest BCUT2D eigenvalue weighted by atomic mass is 9.86. The zero-order chi connectivity index (χ0) is 15.1. The number of amidine groups is 1. The van der Waals surface area contributed by atoms with Gasteiger partial charge in [0.15, 0.2) is 0 Å². The van der Waals surface area contributed by atoms with E-state index in [9.17, 15) is 9.59 Å². The number of urea groups is 1. The molecule has 0 bridgehead atoms. The summed E-state index contributed by atoms with van der Waals surface area (Å²) in [6.07, 6.45) is 0.850. The molecular formula is C13H22N4O3. The molecule has 20 heavy (non-hydrogen) atoms. The van der Waals surface area contributed by atoms with Crippen LogP contribution in [0.5, 0.6) is 0 Å². The molecule has 0 atom stereocenters. The van der Waals surface area contributed by atoms with Crippen LogP contribution in [-0.4, -0.2) is 59.0 Å². The lowest BCUT2D eigenvalue weighted by Crippen LogP contribution is -2.59. The van der Waals surface area contributed by atoms with Crippen molar-refractivity contribution in [2.24, 2.45) is 10.7 Å². The van der Waals surface area contributed by atoms with Gasteiger partial charge in [0, 0.05) is 20.1 Å². The monoisotopic (exact) mass is 282 g/mol. The summed E-state index contributed by atoms with van der Waals surface area (Å²) in [7, 11) is 1.70. The van der Waals surface area contributed by atoms with Crippen LogP contribution >= 0.6 is 0 Å². The van der Waals surface area contributed by atoms with E-state index in [1.54, 1.807) is 16.8 Å². The fourth-order valence-corrected chi connectivity index (χ4v) is 2.61. The number of amides is 3. The number of rotatable bonds is 0. The normalized spacial score (nSPS) is 22.2. The molecule has 0 aromatic rings. The molecule has 2 heterocycles. The summed E-state index contributed by atoms with van der Waals surface area (Å²) in [5.41, 5.74) is 4.86. The number of hydrogen-bond acceptors (Lipinski definition) is 4. The summed E-state index contributed by atoms with van der Waals surface area (Å²) in [6.45, 7) is 6.52. The molecule has 0 radical (unpaired) electrons. The van der Waals surface area contributed by atoms with Crippen LogP contribution in [0, 0.1) is 0 Å². The van der Waals surface area contributed by atoms with Crippen LogP contribution in [0.15, 0.2) is 4.99 Å². The van der Waals surface area contributed by atoms with Crippen molar-refractivity contribution >= 4 is 18.0 Å². The van der Waals surface area contributed by atoms with Crippen molar-refractivity contribution in [2.45, 2.75) is 44.8 Å². The molecule has 0 unspecified atom stereocenters. The Balaban J connectivity index is 2.01. The zero-order valence-electron chi connectivity index (χ0n) is 12.5. The Hall–Kier alpha value is -1.79. The number of carbonyl (C=O) groups excluding carboxylic acids is 2. The van der Waals surface area contributed by atoms with Crippen molar-refractivity contribution in [1.82, 2.24) is 9.80 Å². The maximum atomic E-state index is 12.0. The quantitative estimate of drug-likeness (QED) is 0.722. The van der Waals surface area contributed by atoms with Gasteiger partial charge >= 0.3 is 12.1 Å². The second-order valence-electron chi connectivity index (χ2n) is 6.34. The topological polar surface area (TPSA) is 88.2 Å². The molecule has 7 nitrogen and oxygen atoms in total. The second kappa shape index (κ2) is 4.64. The number of piperidine rings is 1. The molecule has 2 N–H and O–H groups in total. The number of aliphatic imine (C=N–C) groups is 1. The molecule has 2 rings (SSSR count). The third-order valence-electron chi connectivity index (χ3n) is 3.86. The molecule has 1 fully saturated rings. The second-order valence-corrected chi connectivity index (χ2v) is 6.34. The number of nitrogens with zero attached hydrogens (tertiary/aromatic N) is 3. The Bertz CT molecular complexity index is 459.